The molecule has 4 aliphatic rings. The van der Waals surface area contributed by atoms with Crippen LogP contribution in [-0.4, -0.2) is 122 Å². The Bertz CT molecular complexity index is 2850. The summed E-state index contributed by atoms with van der Waals surface area (Å²) in [4.78, 5) is 51.1. The fourth-order valence-corrected chi connectivity index (χ4v) is 13.0. The molecule has 362 valence electrons. The van der Waals surface area contributed by atoms with E-state index < -0.39 is 39.2 Å². The summed E-state index contributed by atoms with van der Waals surface area (Å²) in [5, 5.41) is 20.1. The second-order valence-electron chi connectivity index (χ2n) is 19.1. The summed E-state index contributed by atoms with van der Waals surface area (Å²) in [6, 6.07) is 21.0. The number of allylic oxidation sites excluding steroid dienone is 1. The van der Waals surface area contributed by atoms with Crippen LogP contribution in [0.2, 0.25) is 5.02 Å². The molecule has 3 aromatic carbocycles. The molecule has 0 bridgehead atoms. The maximum Gasteiger partial charge on any atom is 0.239 e. The smallest absolute Gasteiger partial charge is 0.239 e. The SMILES string of the molecule is CC1(C)CCC(CN2CCN(c3ccc(C(=O)NS(=O)(=O)c4ccc(NCCN5CCCN[PH]5(C)O)c([N+](=O)[O-])c4)c(N4CCCOc5nc6[nH]ccc6cc54)c3)CC2)=C(c2ccc(Cl)cc2)C1. The van der Waals surface area contributed by atoms with Crippen LogP contribution in [-0.2, 0) is 10.0 Å². The van der Waals surface area contributed by atoms with E-state index in [0.29, 0.717) is 55.6 Å². The number of benzene rings is 3. The van der Waals surface area contributed by atoms with Crippen molar-refractivity contribution in [2.45, 2.75) is 50.8 Å². The van der Waals surface area contributed by atoms with Crippen molar-refractivity contribution < 1.29 is 27.8 Å². The molecule has 17 nitrogen and oxygen atoms in total. The first kappa shape index (κ1) is 47.7. The van der Waals surface area contributed by atoms with Crippen LogP contribution in [0, 0.1) is 15.5 Å². The first-order valence-corrected chi connectivity index (χ1v) is 27.6. The molecule has 5 aromatic rings. The van der Waals surface area contributed by atoms with Crippen LogP contribution in [0.4, 0.5) is 28.4 Å². The minimum atomic E-state index is -4.61. The number of fused-ring (bicyclic) bond motifs is 2. The average molecular weight is 988 g/mol. The van der Waals surface area contributed by atoms with E-state index in [1.807, 2.05) is 46.0 Å². The van der Waals surface area contributed by atoms with Gasteiger partial charge in [0.05, 0.1) is 12.3 Å². The quantitative estimate of drug-likeness (QED) is 0.0435. The number of aromatic amines is 1. The Labute approximate surface area is 402 Å². The third-order valence-corrected chi connectivity index (χ3v) is 17.8. The fourth-order valence-electron chi connectivity index (χ4n) is 9.84. The molecule has 0 spiro atoms. The number of carbonyl (C=O) groups is 1. The van der Waals surface area contributed by atoms with Gasteiger partial charge in [0, 0.05) is 61.6 Å². The monoisotopic (exact) mass is 986 g/mol. The Hall–Kier alpha value is -5.33. The number of amides is 1. The van der Waals surface area contributed by atoms with Crippen molar-refractivity contribution in [2.75, 3.05) is 93.8 Å². The number of halogens is 1. The largest absolute Gasteiger partial charge is 0.476 e. The van der Waals surface area contributed by atoms with Gasteiger partial charge in [-0.1, -0.05) is 43.2 Å². The molecule has 1 aliphatic carbocycles. The molecule has 1 amide bonds. The van der Waals surface area contributed by atoms with E-state index in [0.717, 1.165) is 87.1 Å². The van der Waals surface area contributed by atoms with E-state index in [1.54, 1.807) is 18.9 Å². The number of nitro groups is 1. The van der Waals surface area contributed by atoms with Gasteiger partial charge in [0.25, 0.3) is 0 Å². The molecule has 2 saturated heterocycles. The minimum Gasteiger partial charge on any atom is -0.476 e. The number of nitrogens with zero attached hydrogens (tertiary/aromatic N) is 6. The van der Waals surface area contributed by atoms with E-state index in [4.69, 9.17) is 21.3 Å². The Morgan fingerprint density at radius 2 is 1.79 bits per heavy atom. The summed E-state index contributed by atoms with van der Waals surface area (Å²) < 4.78 is 38.3. The first-order valence-electron chi connectivity index (χ1n) is 23.3. The van der Waals surface area contributed by atoms with Gasteiger partial charge in [-0.05, 0) is 84.7 Å². The van der Waals surface area contributed by atoms with Crippen LogP contribution in [0.5, 0.6) is 5.88 Å². The minimum absolute atomic E-state index is 0.0966. The first-order chi connectivity index (χ1) is 32.5. The van der Waals surface area contributed by atoms with Crippen molar-refractivity contribution in [1.82, 2.24) is 29.3 Å². The van der Waals surface area contributed by atoms with Crippen LogP contribution in [0.25, 0.3) is 16.6 Å². The van der Waals surface area contributed by atoms with Gasteiger partial charge in [0.2, 0.25) is 5.88 Å². The third-order valence-electron chi connectivity index (χ3n) is 13.7. The molecule has 68 heavy (non-hydrogen) atoms. The number of ether oxygens (including phenoxy) is 1. The second-order valence-corrected chi connectivity index (χ2v) is 24.2. The van der Waals surface area contributed by atoms with Gasteiger partial charge in [-0.3, -0.25) is 4.90 Å². The van der Waals surface area contributed by atoms with Crippen molar-refractivity contribution in [3.8, 4) is 5.88 Å². The third kappa shape index (κ3) is 10.5. The Balaban J connectivity index is 0.971. The summed E-state index contributed by atoms with van der Waals surface area (Å²) in [5.41, 5.74) is 6.73. The Morgan fingerprint density at radius 3 is 2.56 bits per heavy atom. The van der Waals surface area contributed by atoms with Crippen molar-refractivity contribution in [3.05, 3.63) is 111 Å². The molecule has 5 N–H and O–H groups in total. The standard InChI is InChI=1S/C48H60ClN10O7PS/c1-48(2)16-14-35(40(31-48)33-6-8-36(49)9-7-33)32-55-23-25-56(26-24-55)37-10-12-39(42(29-37)58-21-5-27-66-47-44(58)28-34-15-18-51-45(34)53-47)46(60)54-68(64,65)38-11-13-41(43(30-38)59(61)62)50-19-22-57-20-4-17-52-67(57,3)63/h6-13,15,18,28-30,50,52,63,67H,4-5,14,16-17,19-27,31-32H2,1-3H3,(H,51,53)(H,54,60). The maximum atomic E-state index is 14.4. The number of H-pyrrole nitrogens is 1. The number of aromatic nitrogens is 2. The maximum absolute atomic E-state index is 14.4. The number of hydrogen-bond donors (Lipinski definition) is 5. The molecule has 5 heterocycles. The zero-order valence-electron chi connectivity index (χ0n) is 38.7. The number of sulfonamides is 1. The van der Waals surface area contributed by atoms with Crippen molar-refractivity contribution in [2.24, 2.45) is 5.41 Å². The second kappa shape index (κ2) is 19.6. The topological polar surface area (TPSA) is 202 Å². The predicted molar refractivity (Wildman–Crippen MR) is 271 cm³/mol. The number of anilines is 4. The van der Waals surface area contributed by atoms with Crippen molar-refractivity contribution in [3.63, 3.8) is 0 Å². The fraction of sp³-hybridized carbons (Fsp3) is 0.417. The van der Waals surface area contributed by atoms with Crippen molar-refractivity contribution >= 4 is 80.4 Å². The van der Waals surface area contributed by atoms with Crippen LogP contribution < -0.4 is 29.7 Å². The summed E-state index contributed by atoms with van der Waals surface area (Å²) in [6.45, 7) is 13.5. The molecular weight excluding hydrogens is 927 g/mol. The number of piperazine rings is 1. The normalized spacial score (nSPS) is 19.5. The molecule has 0 saturated carbocycles. The summed E-state index contributed by atoms with van der Waals surface area (Å²) in [5.74, 6) is -0.509. The molecule has 3 aliphatic heterocycles. The Morgan fingerprint density at radius 1 is 1.00 bits per heavy atom. The van der Waals surface area contributed by atoms with E-state index in [1.165, 1.54) is 28.8 Å². The summed E-state index contributed by atoms with van der Waals surface area (Å²) in [7, 11) is -7.39. The number of nitro benzene ring substituents is 1. The van der Waals surface area contributed by atoms with Crippen molar-refractivity contribution in [1.29, 1.82) is 0 Å². The van der Waals surface area contributed by atoms with Gasteiger partial charge in [-0.15, -0.1) is 0 Å². The van der Waals surface area contributed by atoms with E-state index in [9.17, 15) is 28.2 Å². The number of carbonyl (C=O) groups excluding carboxylic acids is 1. The zero-order chi connectivity index (χ0) is 47.8. The van der Waals surface area contributed by atoms with Crippen LogP contribution in [0.15, 0.2) is 89.5 Å². The van der Waals surface area contributed by atoms with Crippen LogP contribution in [0.3, 0.4) is 0 Å². The molecule has 20 heteroatoms. The van der Waals surface area contributed by atoms with Gasteiger partial charge in [0.1, 0.15) is 11.3 Å². The Kier molecular flexibility index (Phi) is 13.7. The number of nitrogens with one attached hydrogen (secondary N) is 4. The zero-order valence-corrected chi connectivity index (χ0v) is 41.3. The molecule has 0 atom stereocenters. The van der Waals surface area contributed by atoms with Gasteiger partial charge in [-0.25, -0.2) is 0 Å². The van der Waals surface area contributed by atoms with Gasteiger partial charge >= 0.3 is 156 Å². The average Bonchev–Trinajstić information content (AvgIpc) is 3.67. The molecule has 2 aromatic heterocycles. The summed E-state index contributed by atoms with van der Waals surface area (Å²) in [6.07, 6.45) is 6.44. The summed E-state index contributed by atoms with van der Waals surface area (Å²) >= 11 is 6.28. The van der Waals surface area contributed by atoms with Crippen LogP contribution >= 0.6 is 19.4 Å². The van der Waals surface area contributed by atoms with Gasteiger partial charge < -0.3 is 19.5 Å². The predicted octanol–water partition coefficient (Wildman–Crippen LogP) is 7.77. The van der Waals surface area contributed by atoms with E-state index in [-0.39, 0.29) is 23.2 Å². The number of hydrogen-bond acceptors (Lipinski definition) is 14. The molecular formula is C48H60ClN10O7PS. The molecule has 9 rings (SSSR count). The van der Waals surface area contributed by atoms with E-state index >= 15 is 0 Å². The van der Waals surface area contributed by atoms with Gasteiger partial charge in [-0.2, -0.15) is 4.98 Å². The van der Waals surface area contributed by atoms with E-state index in [2.05, 4.69) is 55.9 Å². The molecule has 2 fully saturated rings. The molecule has 0 radical (unpaired) electrons. The van der Waals surface area contributed by atoms with Crippen LogP contribution in [0.1, 0.15) is 61.9 Å². The number of rotatable bonds is 13. The van der Waals surface area contributed by atoms with Gasteiger partial charge in [0.15, 0.2) is 0 Å². The number of pyridine rings is 1. The molecule has 0 unspecified atom stereocenters.